The van der Waals surface area contributed by atoms with E-state index in [-0.39, 0.29) is 11.9 Å². The van der Waals surface area contributed by atoms with Crippen LogP contribution in [0, 0.1) is 5.82 Å². The van der Waals surface area contributed by atoms with Crippen molar-refractivity contribution in [2.24, 2.45) is 0 Å². The zero-order valence-corrected chi connectivity index (χ0v) is 18.7. The van der Waals surface area contributed by atoms with Gasteiger partial charge in [-0.1, -0.05) is 12.1 Å². The van der Waals surface area contributed by atoms with Gasteiger partial charge in [-0.3, -0.25) is 4.98 Å². The summed E-state index contributed by atoms with van der Waals surface area (Å²) >= 11 is 0. The number of anilines is 1. The average Bonchev–Trinajstić information content (AvgIpc) is 3.46. The molecule has 9 heteroatoms. The number of halogens is 1. The van der Waals surface area contributed by atoms with Crippen LogP contribution in [-0.2, 0) is 0 Å². The van der Waals surface area contributed by atoms with Crippen molar-refractivity contribution in [2.45, 2.75) is 13.0 Å². The highest BCUT2D eigenvalue weighted by molar-refractivity contribution is 5.98. The summed E-state index contributed by atoms with van der Waals surface area (Å²) in [4.78, 5) is 13.2. The first kappa shape index (κ1) is 20.8. The molecule has 0 aliphatic heterocycles. The van der Waals surface area contributed by atoms with Crippen molar-refractivity contribution in [1.29, 1.82) is 0 Å². The molecule has 172 valence electrons. The molecule has 0 saturated carbocycles. The number of nitrogens with zero attached hydrogens (tertiary/aromatic N) is 6. The molecule has 6 aromatic rings. The number of nitrogens with two attached hydrogens (primary N) is 1. The third-order valence-electron chi connectivity index (χ3n) is 6.17. The van der Waals surface area contributed by atoms with Crippen molar-refractivity contribution in [3.8, 4) is 28.4 Å². The van der Waals surface area contributed by atoms with Gasteiger partial charge in [-0.05, 0) is 55.5 Å². The summed E-state index contributed by atoms with van der Waals surface area (Å²) in [5, 5.41) is 15.0. The Morgan fingerprint density at radius 2 is 1.86 bits per heavy atom. The SMILES string of the molecule is CC(c1cc2ccccn2c1-c1ccccn1)n1nc(-c2ccc(O)c(F)c2)c2c(N)ncnc21. The van der Waals surface area contributed by atoms with E-state index in [0.29, 0.717) is 22.3 Å². The molecule has 0 amide bonds. The molecule has 5 heterocycles. The van der Waals surface area contributed by atoms with E-state index in [1.807, 2.05) is 49.5 Å². The molecule has 0 fully saturated rings. The first-order valence-corrected chi connectivity index (χ1v) is 11.0. The molecule has 6 rings (SSSR count). The van der Waals surface area contributed by atoms with Gasteiger partial charge in [0.25, 0.3) is 0 Å². The number of phenols is 1. The minimum atomic E-state index is -0.746. The van der Waals surface area contributed by atoms with E-state index in [1.54, 1.807) is 16.9 Å². The second-order valence-corrected chi connectivity index (χ2v) is 8.25. The molecule has 0 bridgehead atoms. The smallest absolute Gasteiger partial charge is 0.165 e. The van der Waals surface area contributed by atoms with Gasteiger partial charge in [-0.15, -0.1) is 0 Å². The third-order valence-corrected chi connectivity index (χ3v) is 6.17. The van der Waals surface area contributed by atoms with Crippen LogP contribution in [0.5, 0.6) is 5.75 Å². The van der Waals surface area contributed by atoms with Crippen molar-refractivity contribution >= 4 is 22.4 Å². The fourth-order valence-corrected chi connectivity index (χ4v) is 4.49. The van der Waals surface area contributed by atoms with Gasteiger partial charge in [0.05, 0.1) is 22.8 Å². The molecule has 1 unspecified atom stereocenters. The highest BCUT2D eigenvalue weighted by atomic mass is 19.1. The standard InChI is InChI=1S/C26H20FN7O/c1-15(18-13-17-6-3-5-11-33(17)24(18)20-7-2-4-10-29-20)34-26-22(25(28)30-14-31-26)23(32-34)16-8-9-21(35)19(27)12-16/h2-15,35H,1H3,(H2,28,30,31). The number of benzene rings is 1. The normalized spacial score (nSPS) is 12.4. The molecular weight excluding hydrogens is 445 g/mol. The number of aromatic nitrogens is 6. The van der Waals surface area contributed by atoms with Gasteiger partial charge in [-0.2, -0.15) is 5.10 Å². The monoisotopic (exact) mass is 465 g/mol. The number of nitrogen functional groups attached to an aromatic ring is 1. The Labute approximate surface area is 199 Å². The lowest BCUT2D eigenvalue weighted by atomic mass is 10.1. The van der Waals surface area contributed by atoms with Gasteiger partial charge < -0.3 is 15.2 Å². The summed E-state index contributed by atoms with van der Waals surface area (Å²) in [5.74, 6) is -0.940. The predicted molar refractivity (Wildman–Crippen MR) is 131 cm³/mol. The van der Waals surface area contributed by atoms with Crippen LogP contribution in [0.3, 0.4) is 0 Å². The van der Waals surface area contributed by atoms with Crippen molar-refractivity contribution in [3.63, 3.8) is 0 Å². The van der Waals surface area contributed by atoms with E-state index in [0.717, 1.165) is 22.5 Å². The summed E-state index contributed by atoms with van der Waals surface area (Å²) in [5.41, 5.74) is 11.4. The largest absolute Gasteiger partial charge is 0.505 e. The van der Waals surface area contributed by atoms with Gasteiger partial charge >= 0.3 is 0 Å². The van der Waals surface area contributed by atoms with Gasteiger partial charge in [-0.25, -0.2) is 19.0 Å². The average molecular weight is 465 g/mol. The zero-order chi connectivity index (χ0) is 24.1. The lowest BCUT2D eigenvalue weighted by Crippen LogP contribution is -2.10. The van der Waals surface area contributed by atoms with Crippen LogP contribution in [0.4, 0.5) is 10.2 Å². The number of rotatable bonds is 4. The molecule has 1 atom stereocenters. The van der Waals surface area contributed by atoms with E-state index >= 15 is 0 Å². The maximum absolute atomic E-state index is 14.2. The van der Waals surface area contributed by atoms with Crippen LogP contribution in [-0.4, -0.2) is 34.2 Å². The quantitative estimate of drug-likeness (QED) is 0.386. The second kappa shape index (κ2) is 7.91. The molecule has 35 heavy (non-hydrogen) atoms. The fraction of sp³-hybridized carbons (Fsp3) is 0.0769. The number of phenolic OH excluding ortho intramolecular Hbond substituents is 1. The first-order chi connectivity index (χ1) is 17.0. The maximum Gasteiger partial charge on any atom is 0.165 e. The van der Waals surface area contributed by atoms with Crippen LogP contribution in [0.2, 0.25) is 0 Å². The van der Waals surface area contributed by atoms with E-state index < -0.39 is 11.6 Å². The minimum absolute atomic E-state index is 0.240. The van der Waals surface area contributed by atoms with Crippen molar-refractivity contribution in [3.05, 3.63) is 90.8 Å². The number of hydrogen-bond acceptors (Lipinski definition) is 6. The Hall–Kier alpha value is -4.79. The number of fused-ring (bicyclic) bond motifs is 2. The van der Waals surface area contributed by atoms with Crippen LogP contribution in [0.1, 0.15) is 18.5 Å². The Balaban J connectivity index is 1.60. The third kappa shape index (κ3) is 3.28. The highest BCUT2D eigenvalue weighted by Crippen LogP contribution is 2.37. The highest BCUT2D eigenvalue weighted by Gasteiger charge is 2.25. The Kier molecular flexibility index (Phi) is 4.70. The summed E-state index contributed by atoms with van der Waals surface area (Å²) in [6, 6.07) is 17.7. The molecule has 1 aromatic carbocycles. The van der Waals surface area contributed by atoms with Crippen LogP contribution < -0.4 is 5.73 Å². The van der Waals surface area contributed by atoms with E-state index in [4.69, 9.17) is 10.8 Å². The van der Waals surface area contributed by atoms with Gasteiger partial charge in [0.1, 0.15) is 17.8 Å². The second-order valence-electron chi connectivity index (χ2n) is 8.25. The molecule has 5 aromatic heterocycles. The van der Waals surface area contributed by atoms with Gasteiger partial charge in [0.15, 0.2) is 17.2 Å². The Bertz CT molecular complexity index is 1710. The van der Waals surface area contributed by atoms with Crippen molar-refractivity contribution in [2.75, 3.05) is 5.73 Å². The molecule has 8 nitrogen and oxygen atoms in total. The van der Waals surface area contributed by atoms with E-state index in [9.17, 15) is 9.50 Å². The number of aromatic hydroxyl groups is 1. The molecule has 3 N–H and O–H groups in total. The summed E-state index contributed by atoms with van der Waals surface area (Å²) in [6.07, 6.45) is 5.15. The lowest BCUT2D eigenvalue weighted by Gasteiger charge is -2.15. The molecule has 0 spiro atoms. The topological polar surface area (TPSA) is 107 Å². The van der Waals surface area contributed by atoms with Crippen LogP contribution in [0.15, 0.2) is 79.4 Å². The van der Waals surface area contributed by atoms with Gasteiger partial charge in [0.2, 0.25) is 0 Å². The van der Waals surface area contributed by atoms with Crippen molar-refractivity contribution in [1.82, 2.24) is 29.1 Å². The summed E-state index contributed by atoms with van der Waals surface area (Å²) in [6.45, 7) is 2.02. The molecule has 0 aliphatic carbocycles. The Morgan fingerprint density at radius 1 is 1.00 bits per heavy atom. The summed E-state index contributed by atoms with van der Waals surface area (Å²) in [7, 11) is 0. The minimum Gasteiger partial charge on any atom is -0.505 e. The Morgan fingerprint density at radius 3 is 2.66 bits per heavy atom. The van der Waals surface area contributed by atoms with Gasteiger partial charge in [0, 0.05) is 29.0 Å². The fourth-order valence-electron chi connectivity index (χ4n) is 4.49. The first-order valence-electron chi connectivity index (χ1n) is 11.0. The zero-order valence-electron chi connectivity index (χ0n) is 18.7. The molecule has 0 radical (unpaired) electrons. The van der Waals surface area contributed by atoms with E-state index in [2.05, 4.69) is 25.4 Å². The molecule has 0 saturated heterocycles. The van der Waals surface area contributed by atoms with E-state index in [1.165, 1.54) is 18.5 Å². The van der Waals surface area contributed by atoms with Crippen molar-refractivity contribution < 1.29 is 9.50 Å². The lowest BCUT2D eigenvalue weighted by molar-refractivity contribution is 0.432. The predicted octanol–water partition coefficient (Wildman–Crippen LogP) is 4.84. The summed E-state index contributed by atoms with van der Waals surface area (Å²) < 4.78 is 18.1. The van der Waals surface area contributed by atoms with Crippen LogP contribution in [0.25, 0.3) is 39.2 Å². The number of pyridine rings is 2. The molecule has 0 aliphatic rings. The maximum atomic E-state index is 14.2. The number of hydrogen-bond donors (Lipinski definition) is 2. The van der Waals surface area contributed by atoms with Crippen LogP contribution >= 0.6 is 0 Å². The molecular formula is C26H20FN7O.